The normalized spacial score (nSPS) is 11.2. The molecular weight excluding hydrogens is 178 g/mol. The lowest BCUT2D eigenvalue weighted by Gasteiger charge is -1.97. The van der Waals surface area contributed by atoms with Crippen molar-refractivity contribution in [2.24, 2.45) is 0 Å². The standard InChI is InChI=1S/C8H6ClNO2/c9-5-6(8(11)12)7-3-1-2-4-10-7/h1-5H,(H,11,12)/b6-5+. The molecule has 0 aliphatic carbocycles. The first-order valence-corrected chi connectivity index (χ1v) is 3.64. The second kappa shape index (κ2) is 3.88. The van der Waals surface area contributed by atoms with Crippen molar-refractivity contribution in [2.75, 3.05) is 0 Å². The highest BCUT2D eigenvalue weighted by Crippen LogP contribution is 2.11. The van der Waals surface area contributed by atoms with Crippen LogP contribution in [-0.4, -0.2) is 16.1 Å². The Kier molecular flexibility index (Phi) is 2.82. The molecule has 1 aromatic rings. The summed E-state index contributed by atoms with van der Waals surface area (Å²) in [7, 11) is 0. The van der Waals surface area contributed by atoms with E-state index in [2.05, 4.69) is 4.98 Å². The molecule has 1 rings (SSSR count). The van der Waals surface area contributed by atoms with Crippen molar-refractivity contribution in [2.45, 2.75) is 0 Å². The van der Waals surface area contributed by atoms with Crippen molar-refractivity contribution in [1.82, 2.24) is 4.98 Å². The molecule has 4 heteroatoms. The van der Waals surface area contributed by atoms with Crippen molar-refractivity contribution in [1.29, 1.82) is 0 Å². The zero-order chi connectivity index (χ0) is 8.97. The number of pyridine rings is 1. The number of carboxylic acids is 1. The predicted octanol–water partition coefficient (Wildman–Crippen LogP) is 1.75. The molecule has 3 nitrogen and oxygen atoms in total. The van der Waals surface area contributed by atoms with Crippen LogP contribution in [0, 0.1) is 0 Å². The van der Waals surface area contributed by atoms with Crippen LogP contribution < -0.4 is 0 Å². The van der Waals surface area contributed by atoms with Crippen LogP contribution >= 0.6 is 11.6 Å². The molecule has 62 valence electrons. The van der Waals surface area contributed by atoms with Crippen molar-refractivity contribution in [3.63, 3.8) is 0 Å². The molecule has 0 aliphatic heterocycles. The number of hydrogen-bond donors (Lipinski definition) is 1. The number of hydrogen-bond acceptors (Lipinski definition) is 2. The molecule has 0 bridgehead atoms. The van der Waals surface area contributed by atoms with Gasteiger partial charge in [-0.15, -0.1) is 0 Å². The Labute approximate surface area is 74.3 Å². The molecule has 0 aromatic carbocycles. The third kappa shape index (κ3) is 1.83. The average Bonchev–Trinajstić information content (AvgIpc) is 2.07. The summed E-state index contributed by atoms with van der Waals surface area (Å²) in [4.78, 5) is 14.4. The summed E-state index contributed by atoms with van der Waals surface area (Å²) in [5.74, 6) is -1.08. The molecule has 0 saturated heterocycles. The van der Waals surface area contributed by atoms with Gasteiger partial charge in [-0.05, 0) is 12.1 Å². The molecule has 0 atom stereocenters. The third-order valence-corrected chi connectivity index (χ3v) is 1.50. The second-order valence-electron chi connectivity index (χ2n) is 2.04. The fourth-order valence-corrected chi connectivity index (χ4v) is 0.939. The molecule has 12 heavy (non-hydrogen) atoms. The number of carboxylic acid groups (broad SMARTS) is 1. The van der Waals surface area contributed by atoms with Gasteiger partial charge < -0.3 is 5.11 Å². The molecule has 0 amide bonds. The molecule has 0 aliphatic rings. The molecule has 1 heterocycles. The van der Waals surface area contributed by atoms with E-state index in [1.807, 2.05) is 0 Å². The summed E-state index contributed by atoms with van der Waals surface area (Å²) in [6.07, 6.45) is 1.51. The van der Waals surface area contributed by atoms with Crippen molar-refractivity contribution >= 4 is 23.1 Å². The minimum Gasteiger partial charge on any atom is -0.478 e. The highest BCUT2D eigenvalue weighted by Gasteiger charge is 2.09. The summed E-state index contributed by atoms with van der Waals surface area (Å²) < 4.78 is 0. The number of aliphatic carboxylic acids is 1. The lowest BCUT2D eigenvalue weighted by atomic mass is 10.2. The van der Waals surface area contributed by atoms with Gasteiger partial charge in [-0.2, -0.15) is 0 Å². The lowest BCUT2D eigenvalue weighted by Crippen LogP contribution is -2.00. The van der Waals surface area contributed by atoms with E-state index in [0.717, 1.165) is 5.54 Å². The van der Waals surface area contributed by atoms with Crippen LogP contribution in [0.25, 0.3) is 5.57 Å². The van der Waals surface area contributed by atoms with Crippen molar-refractivity contribution in [3.8, 4) is 0 Å². The number of aromatic nitrogens is 1. The average molecular weight is 184 g/mol. The number of nitrogens with zero attached hydrogens (tertiary/aromatic N) is 1. The Balaban J connectivity index is 3.05. The Hall–Kier alpha value is -1.35. The monoisotopic (exact) mass is 183 g/mol. The Morgan fingerprint density at radius 2 is 2.33 bits per heavy atom. The molecule has 0 fully saturated rings. The van der Waals surface area contributed by atoms with Gasteiger partial charge in [0.1, 0.15) is 0 Å². The van der Waals surface area contributed by atoms with Crippen LogP contribution in [0.3, 0.4) is 0 Å². The zero-order valence-electron chi connectivity index (χ0n) is 6.07. The van der Waals surface area contributed by atoms with E-state index in [1.165, 1.54) is 6.20 Å². The van der Waals surface area contributed by atoms with Crippen molar-refractivity contribution in [3.05, 3.63) is 35.6 Å². The number of halogens is 1. The quantitative estimate of drug-likeness (QED) is 0.711. The number of carbonyl (C=O) groups is 1. The Morgan fingerprint density at radius 1 is 1.58 bits per heavy atom. The molecule has 0 radical (unpaired) electrons. The maximum Gasteiger partial charge on any atom is 0.338 e. The van der Waals surface area contributed by atoms with Crippen LogP contribution in [0.15, 0.2) is 29.9 Å². The van der Waals surface area contributed by atoms with Gasteiger partial charge in [0.2, 0.25) is 0 Å². The summed E-state index contributed by atoms with van der Waals surface area (Å²) in [6, 6.07) is 4.99. The van der Waals surface area contributed by atoms with E-state index >= 15 is 0 Å². The van der Waals surface area contributed by atoms with Gasteiger partial charge >= 0.3 is 5.97 Å². The van der Waals surface area contributed by atoms with Gasteiger partial charge in [0.05, 0.1) is 11.3 Å². The molecule has 0 saturated carbocycles. The molecule has 1 N–H and O–H groups in total. The van der Waals surface area contributed by atoms with E-state index < -0.39 is 5.97 Å². The van der Waals surface area contributed by atoms with Gasteiger partial charge in [-0.3, -0.25) is 4.98 Å². The highest BCUT2D eigenvalue weighted by molar-refractivity contribution is 6.34. The minimum absolute atomic E-state index is 0.00253. The molecule has 0 spiro atoms. The van der Waals surface area contributed by atoms with Gasteiger partial charge in [0, 0.05) is 11.7 Å². The van der Waals surface area contributed by atoms with Crippen LogP contribution in [-0.2, 0) is 4.79 Å². The molecular formula is C8H6ClNO2. The summed E-state index contributed by atoms with van der Waals surface area (Å²) in [5, 5.41) is 8.63. The number of rotatable bonds is 2. The second-order valence-corrected chi connectivity index (χ2v) is 2.26. The van der Waals surface area contributed by atoms with E-state index in [9.17, 15) is 4.79 Å². The van der Waals surface area contributed by atoms with Gasteiger partial charge in [-0.1, -0.05) is 17.7 Å². The van der Waals surface area contributed by atoms with Gasteiger partial charge in [-0.25, -0.2) is 4.79 Å². The maximum absolute atomic E-state index is 10.5. The molecule has 1 aromatic heterocycles. The van der Waals surface area contributed by atoms with Crippen LogP contribution in [0.2, 0.25) is 0 Å². The predicted molar refractivity (Wildman–Crippen MR) is 45.7 cm³/mol. The van der Waals surface area contributed by atoms with Crippen LogP contribution in [0.4, 0.5) is 0 Å². The van der Waals surface area contributed by atoms with E-state index in [-0.39, 0.29) is 5.57 Å². The summed E-state index contributed by atoms with van der Waals surface area (Å²) in [5.41, 5.74) is 1.36. The van der Waals surface area contributed by atoms with Crippen LogP contribution in [0.5, 0.6) is 0 Å². The Bertz CT molecular complexity index is 308. The maximum atomic E-state index is 10.5. The minimum atomic E-state index is -1.08. The largest absolute Gasteiger partial charge is 0.478 e. The first-order chi connectivity index (χ1) is 5.75. The first kappa shape index (κ1) is 8.74. The van der Waals surface area contributed by atoms with E-state index in [0.29, 0.717) is 5.69 Å². The zero-order valence-corrected chi connectivity index (χ0v) is 6.82. The fourth-order valence-electron chi connectivity index (χ4n) is 0.734. The van der Waals surface area contributed by atoms with Gasteiger partial charge in [0.15, 0.2) is 0 Å². The SMILES string of the molecule is O=C(O)/C(=C/Cl)c1ccccn1. The smallest absolute Gasteiger partial charge is 0.338 e. The Morgan fingerprint density at radius 3 is 2.75 bits per heavy atom. The van der Waals surface area contributed by atoms with Crippen molar-refractivity contribution < 1.29 is 9.90 Å². The van der Waals surface area contributed by atoms with Crippen LogP contribution in [0.1, 0.15) is 5.69 Å². The summed E-state index contributed by atoms with van der Waals surface area (Å²) in [6.45, 7) is 0. The molecule has 0 unspecified atom stereocenters. The van der Waals surface area contributed by atoms with Gasteiger partial charge in [0.25, 0.3) is 0 Å². The first-order valence-electron chi connectivity index (χ1n) is 3.21. The van der Waals surface area contributed by atoms with E-state index in [1.54, 1.807) is 18.2 Å². The highest BCUT2D eigenvalue weighted by atomic mass is 35.5. The topological polar surface area (TPSA) is 50.2 Å². The summed E-state index contributed by atoms with van der Waals surface area (Å²) >= 11 is 5.31. The lowest BCUT2D eigenvalue weighted by molar-refractivity contribution is -0.130. The fraction of sp³-hybridized carbons (Fsp3) is 0. The third-order valence-electron chi connectivity index (χ3n) is 1.28. The van der Waals surface area contributed by atoms with E-state index in [4.69, 9.17) is 16.7 Å².